The molecule has 0 atom stereocenters. The fourth-order valence-corrected chi connectivity index (χ4v) is 4.40. The molecule has 0 unspecified atom stereocenters. The Morgan fingerprint density at radius 3 is 2.68 bits per heavy atom. The highest BCUT2D eigenvalue weighted by Gasteiger charge is 2.41. The molecular formula is C16H27N5O3S. The molecule has 1 aliphatic carbocycles. The third-order valence-corrected chi connectivity index (χ3v) is 6.62. The van der Waals surface area contributed by atoms with E-state index in [4.69, 9.17) is 0 Å². The lowest BCUT2D eigenvalue weighted by molar-refractivity contribution is -0.131. The van der Waals surface area contributed by atoms with Crippen LogP contribution in [0, 0.1) is 5.92 Å². The maximum Gasteiger partial charge on any atom is 0.248 e. The molecule has 140 valence electrons. The number of carbonyl (C=O) groups is 1. The van der Waals surface area contributed by atoms with Gasteiger partial charge in [0.2, 0.25) is 15.9 Å². The first-order valence-electron chi connectivity index (χ1n) is 8.98. The number of sulfonamides is 1. The summed E-state index contributed by atoms with van der Waals surface area (Å²) in [5, 5.41) is 10.3. The van der Waals surface area contributed by atoms with Gasteiger partial charge in [-0.25, -0.2) is 13.1 Å². The monoisotopic (exact) mass is 369 g/mol. The lowest BCUT2D eigenvalue weighted by atomic mass is 9.86. The molecule has 0 aromatic carbocycles. The van der Waals surface area contributed by atoms with E-state index in [2.05, 4.69) is 20.5 Å². The molecule has 0 spiro atoms. The summed E-state index contributed by atoms with van der Waals surface area (Å²) in [6, 6.07) is 1.80. The SMILES string of the molecule is O=C(NCCS(=O)(=O)NCC1CCC1)C1(n2cccn2)CCNCC1. The Hall–Kier alpha value is -1.45. The van der Waals surface area contributed by atoms with Gasteiger partial charge < -0.3 is 10.6 Å². The van der Waals surface area contributed by atoms with Crippen LogP contribution < -0.4 is 15.4 Å². The lowest BCUT2D eigenvalue weighted by Crippen LogP contribution is -2.55. The second kappa shape index (κ2) is 7.84. The molecule has 25 heavy (non-hydrogen) atoms. The average molecular weight is 369 g/mol. The molecule has 3 N–H and O–H groups in total. The lowest BCUT2D eigenvalue weighted by Gasteiger charge is -2.36. The Morgan fingerprint density at radius 1 is 1.32 bits per heavy atom. The van der Waals surface area contributed by atoms with Crippen molar-refractivity contribution in [1.82, 2.24) is 25.1 Å². The van der Waals surface area contributed by atoms with E-state index in [1.165, 1.54) is 6.42 Å². The van der Waals surface area contributed by atoms with Crippen LogP contribution in [-0.4, -0.2) is 56.0 Å². The maximum absolute atomic E-state index is 12.8. The molecule has 1 saturated heterocycles. The van der Waals surface area contributed by atoms with E-state index in [0.29, 0.717) is 25.3 Å². The minimum Gasteiger partial charge on any atom is -0.353 e. The highest BCUT2D eigenvalue weighted by Crippen LogP contribution is 2.27. The number of nitrogens with zero attached hydrogens (tertiary/aromatic N) is 2. The molecule has 1 saturated carbocycles. The van der Waals surface area contributed by atoms with Crippen LogP contribution >= 0.6 is 0 Å². The average Bonchev–Trinajstić information content (AvgIpc) is 3.08. The highest BCUT2D eigenvalue weighted by molar-refractivity contribution is 7.89. The first kappa shape index (κ1) is 18.3. The summed E-state index contributed by atoms with van der Waals surface area (Å²) in [6.45, 7) is 2.08. The maximum atomic E-state index is 12.8. The number of aromatic nitrogens is 2. The number of nitrogens with one attached hydrogen (secondary N) is 3. The van der Waals surface area contributed by atoms with Gasteiger partial charge in [0.05, 0.1) is 5.75 Å². The van der Waals surface area contributed by atoms with E-state index in [1.54, 1.807) is 23.1 Å². The van der Waals surface area contributed by atoms with Gasteiger partial charge in [-0.3, -0.25) is 9.48 Å². The molecule has 2 heterocycles. The second-order valence-electron chi connectivity index (χ2n) is 6.95. The van der Waals surface area contributed by atoms with Gasteiger partial charge >= 0.3 is 0 Å². The molecule has 1 aliphatic heterocycles. The van der Waals surface area contributed by atoms with Crippen molar-refractivity contribution in [2.24, 2.45) is 5.92 Å². The topological polar surface area (TPSA) is 105 Å². The molecule has 3 rings (SSSR count). The van der Waals surface area contributed by atoms with Crippen molar-refractivity contribution in [3.63, 3.8) is 0 Å². The predicted molar refractivity (Wildman–Crippen MR) is 94.4 cm³/mol. The summed E-state index contributed by atoms with van der Waals surface area (Å²) in [5.74, 6) is 0.216. The van der Waals surface area contributed by atoms with Gasteiger partial charge in [0.1, 0.15) is 5.54 Å². The van der Waals surface area contributed by atoms with Crippen molar-refractivity contribution >= 4 is 15.9 Å². The molecular weight excluding hydrogens is 342 g/mol. The summed E-state index contributed by atoms with van der Waals surface area (Å²) in [4.78, 5) is 12.8. The number of hydrogen-bond acceptors (Lipinski definition) is 5. The van der Waals surface area contributed by atoms with Crippen LogP contribution in [0.1, 0.15) is 32.1 Å². The molecule has 2 fully saturated rings. The van der Waals surface area contributed by atoms with Crippen LogP contribution in [0.4, 0.5) is 0 Å². The molecule has 0 radical (unpaired) electrons. The first-order chi connectivity index (χ1) is 12.0. The van der Waals surface area contributed by atoms with E-state index in [1.807, 2.05) is 0 Å². The van der Waals surface area contributed by atoms with E-state index in [-0.39, 0.29) is 18.2 Å². The van der Waals surface area contributed by atoms with E-state index < -0.39 is 15.6 Å². The Labute approximate surface area is 148 Å². The van der Waals surface area contributed by atoms with Gasteiger partial charge in [-0.05, 0) is 50.8 Å². The molecule has 1 amide bonds. The zero-order chi connectivity index (χ0) is 17.8. The Kier molecular flexibility index (Phi) is 5.75. The van der Waals surface area contributed by atoms with E-state index >= 15 is 0 Å². The molecule has 1 aromatic rings. The Balaban J connectivity index is 1.53. The fourth-order valence-electron chi connectivity index (χ4n) is 3.40. The van der Waals surface area contributed by atoms with Crippen LogP contribution in [-0.2, 0) is 20.4 Å². The number of hydrogen-bond donors (Lipinski definition) is 3. The van der Waals surface area contributed by atoms with Gasteiger partial charge in [0.15, 0.2) is 0 Å². The van der Waals surface area contributed by atoms with Gasteiger partial charge in [-0.15, -0.1) is 0 Å². The number of rotatable bonds is 8. The van der Waals surface area contributed by atoms with Gasteiger partial charge in [0, 0.05) is 25.5 Å². The summed E-state index contributed by atoms with van der Waals surface area (Å²) in [7, 11) is -3.35. The zero-order valence-electron chi connectivity index (χ0n) is 14.4. The Morgan fingerprint density at radius 2 is 2.08 bits per heavy atom. The van der Waals surface area contributed by atoms with Crippen LogP contribution in [0.25, 0.3) is 0 Å². The summed E-state index contributed by atoms with van der Waals surface area (Å²) < 4.78 is 28.4. The minimum absolute atomic E-state index is 0.0983. The van der Waals surface area contributed by atoms with E-state index in [9.17, 15) is 13.2 Å². The molecule has 8 nitrogen and oxygen atoms in total. The molecule has 1 aromatic heterocycles. The second-order valence-corrected chi connectivity index (χ2v) is 8.88. The predicted octanol–water partition coefficient (Wildman–Crippen LogP) is -0.202. The normalized spacial score (nSPS) is 20.8. The molecule has 0 bridgehead atoms. The van der Waals surface area contributed by atoms with Crippen molar-refractivity contribution in [3.8, 4) is 0 Å². The number of amides is 1. The molecule has 9 heteroatoms. The van der Waals surface area contributed by atoms with Crippen molar-refractivity contribution < 1.29 is 13.2 Å². The quantitative estimate of drug-likeness (QED) is 0.588. The van der Waals surface area contributed by atoms with Crippen molar-refractivity contribution in [1.29, 1.82) is 0 Å². The number of piperidine rings is 1. The third kappa shape index (κ3) is 4.39. The van der Waals surface area contributed by atoms with Crippen molar-refractivity contribution in [2.75, 3.05) is 31.9 Å². The summed E-state index contributed by atoms with van der Waals surface area (Å²) >= 11 is 0. The largest absolute Gasteiger partial charge is 0.353 e. The van der Waals surface area contributed by atoms with Gasteiger partial charge in [-0.2, -0.15) is 5.10 Å². The van der Waals surface area contributed by atoms with Crippen molar-refractivity contribution in [3.05, 3.63) is 18.5 Å². The van der Waals surface area contributed by atoms with Crippen LogP contribution in [0.5, 0.6) is 0 Å². The van der Waals surface area contributed by atoms with Crippen molar-refractivity contribution in [2.45, 2.75) is 37.6 Å². The fraction of sp³-hybridized carbons (Fsp3) is 0.750. The van der Waals surface area contributed by atoms with Gasteiger partial charge in [0.25, 0.3) is 0 Å². The zero-order valence-corrected chi connectivity index (χ0v) is 15.2. The summed E-state index contributed by atoms with van der Waals surface area (Å²) in [6.07, 6.45) is 8.10. The highest BCUT2D eigenvalue weighted by atomic mass is 32.2. The first-order valence-corrected chi connectivity index (χ1v) is 10.6. The third-order valence-electron chi connectivity index (χ3n) is 5.27. The standard InChI is InChI=1S/C16H27N5O3S/c22-15(16(5-8-17-9-6-16)21-11-2-7-19-21)18-10-12-25(23,24)20-13-14-3-1-4-14/h2,7,11,14,17,20H,1,3-6,8-10,12-13H2,(H,18,22). The van der Waals surface area contributed by atoms with Crippen LogP contribution in [0.2, 0.25) is 0 Å². The van der Waals surface area contributed by atoms with Gasteiger partial charge in [-0.1, -0.05) is 6.42 Å². The number of carbonyl (C=O) groups excluding carboxylic acids is 1. The smallest absolute Gasteiger partial charge is 0.248 e. The summed E-state index contributed by atoms with van der Waals surface area (Å²) in [5.41, 5.74) is -0.738. The molecule has 2 aliphatic rings. The van der Waals surface area contributed by atoms with Crippen LogP contribution in [0.15, 0.2) is 18.5 Å². The van der Waals surface area contributed by atoms with E-state index in [0.717, 1.165) is 25.9 Å². The Bertz CT molecular complexity index is 664. The van der Waals surface area contributed by atoms with Crippen LogP contribution in [0.3, 0.4) is 0 Å². The minimum atomic E-state index is -3.35.